The standard InChI is InChI=1S/C24H25Cl2N5O/c1-29(2)9-5-8-23(32)30-10-12-31(13-11-30)24-19-14-18(17-6-3-4-7-20(17)25)21(26)15-22(19)27-16-28-24/h3-8,14-16H,9-13H2,1-2H3/b8-5+. The molecule has 0 spiro atoms. The molecular weight excluding hydrogens is 445 g/mol. The number of benzene rings is 2. The molecule has 0 N–H and O–H groups in total. The highest BCUT2D eigenvalue weighted by Crippen LogP contribution is 2.37. The van der Waals surface area contributed by atoms with Crippen molar-refractivity contribution >= 4 is 45.8 Å². The largest absolute Gasteiger partial charge is 0.352 e. The van der Waals surface area contributed by atoms with Crippen LogP contribution in [0.15, 0.2) is 54.9 Å². The number of rotatable bonds is 5. The normalized spacial score (nSPS) is 14.7. The molecule has 2 heterocycles. The Morgan fingerprint density at radius 3 is 2.50 bits per heavy atom. The number of carbonyl (C=O) groups excluding carboxylic acids is 1. The molecule has 1 amide bonds. The Hall–Kier alpha value is -2.67. The van der Waals surface area contributed by atoms with Crippen molar-refractivity contribution in [1.29, 1.82) is 0 Å². The van der Waals surface area contributed by atoms with E-state index >= 15 is 0 Å². The van der Waals surface area contributed by atoms with Gasteiger partial charge in [-0.25, -0.2) is 9.97 Å². The number of nitrogens with zero attached hydrogens (tertiary/aromatic N) is 5. The first-order valence-electron chi connectivity index (χ1n) is 10.5. The molecule has 1 saturated heterocycles. The zero-order valence-corrected chi connectivity index (χ0v) is 19.6. The van der Waals surface area contributed by atoms with E-state index in [1.807, 2.05) is 66.4 Å². The first kappa shape index (κ1) is 22.5. The van der Waals surface area contributed by atoms with Gasteiger partial charge < -0.3 is 14.7 Å². The van der Waals surface area contributed by atoms with E-state index in [1.54, 1.807) is 12.4 Å². The van der Waals surface area contributed by atoms with Gasteiger partial charge in [-0.15, -0.1) is 0 Å². The highest BCUT2D eigenvalue weighted by molar-refractivity contribution is 6.37. The average molecular weight is 470 g/mol. The van der Waals surface area contributed by atoms with Crippen molar-refractivity contribution < 1.29 is 4.79 Å². The molecule has 0 bridgehead atoms. The molecule has 1 fully saturated rings. The lowest BCUT2D eigenvalue weighted by Gasteiger charge is -2.35. The zero-order valence-electron chi connectivity index (χ0n) is 18.1. The van der Waals surface area contributed by atoms with E-state index in [-0.39, 0.29) is 5.91 Å². The minimum absolute atomic E-state index is 0.0480. The first-order valence-corrected chi connectivity index (χ1v) is 11.2. The molecule has 166 valence electrons. The molecule has 0 radical (unpaired) electrons. The molecule has 0 unspecified atom stereocenters. The van der Waals surface area contributed by atoms with E-state index < -0.39 is 0 Å². The third-order valence-corrected chi connectivity index (χ3v) is 6.13. The monoisotopic (exact) mass is 469 g/mol. The summed E-state index contributed by atoms with van der Waals surface area (Å²) in [7, 11) is 3.95. The number of anilines is 1. The highest BCUT2D eigenvalue weighted by atomic mass is 35.5. The van der Waals surface area contributed by atoms with Crippen molar-refractivity contribution in [2.75, 3.05) is 51.7 Å². The molecule has 4 rings (SSSR count). The maximum absolute atomic E-state index is 12.5. The summed E-state index contributed by atoms with van der Waals surface area (Å²) >= 11 is 13.0. The predicted molar refractivity (Wildman–Crippen MR) is 131 cm³/mol. The van der Waals surface area contributed by atoms with E-state index in [1.165, 1.54) is 0 Å². The van der Waals surface area contributed by atoms with Crippen LogP contribution in [0.1, 0.15) is 0 Å². The fourth-order valence-corrected chi connectivity index (χ4v) is 4.31. The molecule has 0 atom stereocenters. The number of halogens is 2. The quantitative estimate of drug-likeness (QED) is 0.519. The van der Waals surface area contributed by atoms with Gasteiger partial charge in [0.15, 0.2) is 0 Å². The Morgan fingerprint density at radius 1 is 1.03 bits per heavy atom. The third kappa shape index (κ3) is 4.88. The second-order valence-electron chi connectivity index (χ2n) is 8.00. The molecule has 6 nitrogen and oxygen atoms in total. The predicted octanol–water partition coefficient (Wildman–Crippen LogP) is 4.37. The molecule has 1 aromatic heterocycles. The van der Waals surface area contributed by atoms with E-state index in [9.17, 15) is 4.79 Å². The van der Waals surface area contributed by atoms with Crippen molar-refractivity contribution in [3.63, 3.8) is 0 Å². The summed E-state index contributed by atoms with van der Waals surface area (Å²) in [6.07, 6.45) is 5.12. The van der Waals surface area contributed by atoms with Crippen LogP contribution in [-0.4, -0.2) is 72.5 Å². The summed E-state index contributed by atoms with van der Waals surface area (Å²) in [4.78, 5) is 27.5. The maximum Gasteiger partial charge on any atom is 0.246 e. The Kier molecular flexibility index (Phi) is 6.94. The number of hydrogen-bond acceptors (Lipinski definition) is 5. The van der Waals surface area contributed by atoms with Crippen LogP contribution >= 0.6 is 23.2 Å². The third-order valence-electron chi connectivity index (χ3n) is 5.49. The van der Waals surface area contributed by atoms with Gasteiger partial charge in [-0.1, -0.05) is 47.5 Å². The van der Waals surface area contributed by atoms with E-state index in [0.717, 1.165) is 34.4 Å². The van der Waals surface area contributed by atoms with Crippen LogP contribution in [0.5, 0.6) is 0 Å². The van der Waals surface area contributed by atoms with Crippen LogP contribution in [0.3, 0.4) is 0 Å². The molecular formula is C24H25Cl2N5O. The van der Waals surface area contributed by atoms with Gasteiger partial charge in [-0.05, 0) is 32.3 Å². The van der Waals surface area contributed by atoms with Gasteiger partial charge in [-0.3, -0.25) is 4.79 Å². The topological polar surface area (TPSA) is 52.6 Å². The summed E-state index contributed by atoms with van der Waals surface area (Å²) < 4.78 is 0. The van der Waals surface area contributed by atoms with Crippen LogP contribution in [0.4, 0.5) is 5.82 Å². The van der Waals surface area contributed by atoms with Crippen LogP contribution in [0.25, 0.3) is 22.0 Å². The molecule has 0 aliphatic carbocycles. The van der Waals surface area contributed by atoms with Gasteiger partial charge >= 0.3 is 0 Å². The second kappa shape index (κ2) is 9.86. The van der Waals surface area contributed by atoms with Crippen LogP contribution in [0, 0.1) is 0 Å². The van der Waals surface area contributed by atoms with Crippen molar-refractivity contribution in [2.24, 2.45) is 0 Å². The highest BCUT2D eigenvalue weighted by Gasteiger charge is 2.23. The first-order chi connectivity index (χ1) is 15.4. The molecule has 8 heteroatoms. The van der Waals surface area contributed by atoms with Gasteiger partial charge in [-0.2, -0.15) is 0 Å². The number of fused-ring (bicyclic) bond motifs is 1. The van der Waals surface area contributed by atoms with Crippen LogP contribution < -0.4 is 4.90 Å². The minimum atomic E-state index is 0.0480. The Labute approximate surface area is 198 Å². The van der Waals surface area contributed by atoms with Gasteiger partial charge in [0.25, 0.3) is 0 Å². The lowest BCUT2D eigenvalue weighted by Crippen LogP contribution is -2.48. The summed E-state index contributed by atoms with van der Waals surface area (Å²) in [5, 5.41) is 2.15. The molecule has 1 aliphatic heterocycles. The van der Waals surface area contributed by atoms with Gasteiger partial charge in [0.2, 0.25) is 5.91 Å². The van der Waals surface area contributed by atoms with Crippen molar-refractivity contribution in [3.05, 3.63) is 64.9 Å². The number of aromatic nitrogens is 2. The van der Waals surface area contributed by atoms with E-state index in [4.69, 9.17) is 23.2 Å². The summed E-state index contributed by atoms with van der Waals surface area (Å²) in [6, 6.07) is 11.5. The number of hydrogen-bond donors (Lipinski definition) is 0. The fourth-order valence-electron chi connectivity index (χ4n) is 3.81. The lowest BCUT2D eigenvalue weighted by molar-refractivity contribution is -0.126. The molecule has 2 aromatic carbocycles. The SMILES string of the molecule is CN(C)C/C=C/C(=O)N1CCN(c2ncnc3cc(Cl)c(-c4ccccc4Cl)cc23)CC1. The van der Waals surface area contributed by atoms with E-state index in [0.29, 0.717) is 36.2 Å². The minimum Gasteiger partial charge on any atom is -0.352 e. The van der Waals surface area contributed by atoms with Crippen molar-refractivity contribution in [3.8, 4) is 11.1 Å². The van der Waals surface area contributed by atoms with Crippen molar-refractivity contribution in [2.45, 2.75) is 0 Å². The fraction of sp³-hybridized carbons (Fsp3) is 0.292. The molecule has 1 aliphatic rings. The second-order valence-corrected chi connectivity index (χ2v) is 8.82. The smallest absolute Gasteiger partial charge is 0.246 e. The summed E-state index contributed by atoms with van der Waals surface area (Å²) in [5.41, 5.74) is 2.50. The number of piperazine rings is 1. The van der Waals surface area contributed by atoms with Crippen molar-refractivity contribution in [1.82, 2.24) is 19.8 Å². The average Bonchev–Trinajstić information content (AvgIpc) is 2.78. The molecule has 3 aromatic rings. The number of carbonyl (C=O) groups is 1. The maximum atomic E-state index is 12.5. The van der Waals surface area contributed by atoms with Crippen LogP contribution in [-0.2, 0) is 4.79 Å². The summed E-state index contributed by atoms with van der Waals surface area (Å²) in [5.74, 6) is 0.891. The van der Waals surface area contributed by atoms with Gasteiger partial charge in [0.05, 0.1) is 10.5 Å². The Bertz CT molecular complexity index is 1160. The van der Waals surface area contributed by atoms with Gasteiger partial charge in [0.1, 0.15) is 12.1 Å². The Morgan fingerprint density at radius 2 is 1.78 bits per heavy atom. The van der Waals surface area contributed by atoms with Crippen LogP contribution in [0.2, 0.25) is 10.0 Å². The molecule has 32 heavy (non-hydrogen) atoms. The zero-order chi connectivity index (χ0) is 22.7. The van der Waals surface area contributed by atoms with E-state index in [2.05, 4.69) is 14.9 Å². The Balaban J connectivity index is 1.58. The van der Waals surface area contributed by atoms with Gasteiger partial charge in [0, 0.05) is 60.3 Å². The molecule has 0 saturated carbocycles. The summed E-state index contributed by atoms with van der Waals surface area (Å²) in [6.45, 7) is 3.42. The lowest BCUT2D eigenvalue weighted by atomic mass is 10.0. The number of likely N-dealkylation sites (N-methyl/N-ethyl adjacent to an activating group) is 1. The number of amides is 1.